The van der Waals surface area contributed by atoms with Crippen LogP contribution in [0.4, 0.5) is 18.9 Å². The molecule has 0 radical (unpaired) electrons. The summed E-state index contributed by atoms with van der Waals surface area (Å²) in [5.41, 5.74) is 1.72. The summed E-state index contributed by atoms with van der Waals surface area (Å²) in [4.78, 5) is 11.5. The molecule has 2 aliphatic rings. The van der Waals surface area contributed by atoms with Crippen molar-refractivity contribution in [2.24, 2.45) is 5.41 Å². The Morgan fingerprint density at radius 2 is 1.90 bits per heavy atom. The van der Waals surface area contributed by atoms with Crippen molar-refractivity contribution < 1.29 is 23.1 Å². The van der Waals surface area contributed by atoms with Crippen LogP contribution in [0.3, 0.4) is 0 Å². The predicted molar refractivity (Wildman–Crippen MR) is 105 cm³/mol. The lowest BCUT2D eigenvalue weighted by molar-refractivity contribution is -0.143. The highest BCUT2D eigenvalue weighted by Crippen LogP contribution is 2.49. The summed E-state index contributed by atoms with van der Waals surface area (Å²) < 4.78 is 39.4. The van der Waals surface area contributed by atoms with Crippen LogP contribution in [0.15, 0.2) is 42.5 Å². The second kappa shape index (κ2) is 6.51. The van der Waals surface area contributed by atoms with Gasteiger partial charge in [0, 0.05) is 5.69 Å². The van der Waals surface area contributed by atoms with E-state index in [4.69, 9.17) is 0 Å². The third-order valence-corrected chi connectivity index (χ3v) is 6.32. The minimum atomic E-state index is -4.36. The molecule has 6 heteroatoms. The van der Waals surface area contributed by atoms with Crippen molar-refractivity contribution in [1.29, 1.82) is 0 Å². The molecular formula is C23H24F3NO2. The zero-order valence-electron chi connectivity index (χ0n) is 16.4. The quantitative estimate of drug-likeness (QED) is 0.663. The minimum Gasteiger partial charge on any atom is -0.481 e. The molecule has 0 amide bonds. The fourth-order valence-electron chi connectivity index (χ4n) is 4.39. The molecule has 0 spiro atoms. The van der Waals surface area contributed by atoms with E-state index in [0.717, 1.165) is 17.2 Å². The average molecular weight is 403 g/mol. The van der Waals surface area contributed by atoms with Crippen LogP contribution in [-0.4, -0.2) is 11.1 Å². The summed E-state index contributed by atoms with van der Waals surface area (Å²) in [6.07, 6.45) is -1.79. The Hall–Kier alpha value is -2.50. The average Bonchev–Trinajstić information content (AvgIpc) is 3.41. The number of benzene rings is 2. The van der Waals surface area contributed by atoms with Crippen LogP contribution >= 0.6 is 0 Å². The number of fused-ring (bicyclic) bond motifs is 1. The number of hydrogen-bond acceptors (Lipinski definition) is 2. The Morgan fingerprint density at radius 3 is 2.52 bits per heavy atom. The summed E-state index contributed by atoms with van der Waals surface area (Å²) >= 11 is 0. The molecular weight excluding hydrogens is 379 g/mol. The van der Waals surface area contributed by atoms with Crippen molar-refractivity contribution in [2.75, 3.05) is 5.32 Å². The van der Waals surface area contributed by atoms with E-state index in [0.29, 0.717) is 36.9 Å². The molecule has 1 heterocycles. The molecule has 2 N–H and O–H groups in total. The lowest BCUT2D eigenvalue weighted by Crippen LogP contribution is -2.31. The Balaban J connectivity index is 1.62. The number of anilines is 1. The molecule has 154 valence electrons. The van der Waals surface area contributed by atoms with E-state index in [9.17, 15) is 23.1 Å². The van der Waals surface area contributed by atoms with Gasteiger partial charge in [-0.3, -0.25) is 4.79 Å². The number of alkyl halides is 3. The Labute approximate surface area is 167 Å². The van der Waals surface area contributed by atoms with Crippen molar-refractivity contribution in [3.63, 3.8) is 0 Å². The van der Waals surface area contributed by atoms with Gasteiger partial charge in [0.1, 0.15) is 0 Å². The number of hydrogen-bond donors (Lipinski definition) is 2. The van der Waals surface area contributed by atoms with E-state index >= 15 is 0 Å². The Kier molecular flexibility index (Phi) is 4.44. The number of nitrogens with one attached hydrogen (secondary N) is 1. The van der Waals surface area contributed by atoms with Gasteiger partial charge in [0.2, 0.25) is 0 Å². The van der Waals surface area contributed by atoms with Gasteiger partial charge in [0.15, 0.2) is 0 Å². The number of carbonyl (C=O) groups is 1. The molecule has 2 aromatic rings. The zero-order chi connectivity index (χ0) is 21.0. The number of halogens is 3. The molecule has 1 aliphatic heterocycles. The number of carboxylic acids is 1. The first-order valence-electron chi connectivity index (χ1n) is 9.81. The number of aliphatic carboxylic acids is 1. The summed E-state index contributed by atoms with van der Waals surface area (Å²) in [5.74, 6) is -0.741. The summed E-state index contributed by atoms with van der Waals surface area (Å²) in [5, 5.41) is 12.8. The van der Waals surface area contributed by atoms with Gasteiger partial charge in [0.25, 0.3) is 0 Å². The van der Waals surface area contributed by atoms with E-state index in [1.54, 1.807) is 0 Å². The van der Waals surface area contributed by atoms with Crippen LogP contribution in [0.25, 0.3) is 0 Å². The first-order chi connectivity index (χ1) is 13.5. The van der Waals surface area contributed by atoms with Crippen LogP contribution in [0.2, 0.25) is 0 Å². The van der Waals surface area contributed by atoms with Gasteiger partial charge in [-0.15, -0.1) is 0 Å². The van der Waals surface area contributed by atoms with Crippen molar-refractivity contribution in [1.82, 2.24) is 0 Å². The summed E-state index contributed by atoms with van der Waals surface area (Å²) in [6, 6.07) is 11.7. The highest BCUT2D eigenvalue weighted by atomic mass is 19.4. The van der Waals surface area contributed by atoms with Gasteiger partial charge in [0.05, 0.1) is 17.0 Å². The topological polar surface area (TPSA) is 49.3 Å². The van der Waals surface area contributed by atoms with Crippen LogP contribution in [0, 0.1) is 5.41 Å². The van der Waals surface area contributed by atoms with E-state index in [1.165, 1.54) is 12.1 Å². The molecule has 0 bridgehead atoms. The molecule has 4 rings (SSSR count). The molecule has 1 atom stereocenters. The first kappa shape index (κ1) is 19.8. The van der Waals surface area contributed by atoms with E-state index in [2.05, 4.69) is 5.32 Å². The van der Waals surface area contributed by atoms with Crippen LogP contribution in [0.5, 0.6) is 0 Å². The predicted octanol–water partition coefficient (Wildman–Crippen LogP) is 5.95. The van der Waals surface area contributed by atoms with Gasteiger partial charge >= 0.3 is 12.1 Å². The maximum atomic E-state index is 13.1. The molecule has 0 aromatic heterocycles. The first-order valence-corrected chi connectivity index (χ1v) is 9.81. The molecule has 2 aromatic carbocycles. The van der Waals surface area contributed by atoms with Gasteiger partial charge in [-0.05, 0) is 66.0 Å². The Morgan fingerprint density at radius 1 is 1.17 bits per heavy atom. The molecule has 29 heavy (non-hydrogen) atoms. The highest BCUT2D eigenvalue weighted by Gasteiger charge is 2.50. The molecule has 1 unspecified atom stereocenters. The lowest BCUT2D eigenvalue weighted by Gasteiger charge is -2.39. The Bertz CT molecular complexity index is 961. The van der Waals surface area contributed by atoms with E-state index in [1.807, 2.05) is 38.1 Å². The van der Waals surface area contributed by atoms with Crippen molar-refractivity contribution in [3.8, 4) is 0 Å². The number of rotatable bonds is 4. The molecule has 1 saturated carbocycles. The SMILES string of the molecule is CC1(C)CC(c2cccc(CC3(C(=O)O)CC3)c2)Nc2ccc(C(F)(F)F)cc21. The molecule has 1 aliphatic carbocycles. The third kappa shape index (κ3) is 3.72. The second-order valence-corrected chi connectivity index (χ2v) is 9.05. The third-order valence-electron chi connectivity index (χ3n) is 6.32. The minimum absolute atomic E-state index is 0.0471. The normalized spacial score (nSPS) is 21.8. The summed E-state index contributed by atoms with van der Waals surface area (Å²) in [7, 11) is 0. The van der Waals surface area contributed by atoms with E-state index in [-0.39, 0.29) is 6.04 Å². The monoisotopic (exact) mass is 403 g/mol. The molecule has 1 fully saturated rings. The van der Waals surface area contributed by atoms with Crippen molar-refractivity contribution in [3.05, 3.63) is 64.7 Å². The smallest absolute Gasteiger partial charge is 0.416 e. The zero-order valence-corrected chi connectivity index (χ0v) is 16.4. The lowest BCUT2D eigenvalue weighted by atomic mass is 9.73. The van der Waals surface area contributed by atoms with Gasteiger partial charge < -0.3 is 10.4 Å². The van der Waals surface area contributed by atoms with Crippen molar-refractivity contribution in [2.45, 2.75) is 57.2 Å². The largest absolute Gasteiger partial charge is 0.481 e. The van der Waals surface area contributed by atoms with Crippen LogP contribution < -0.4 is 5.32 Å². The number of carboxylic acid groups (broad SMARTS) is 1. The van der Waals surface area contributed by atoms with Gasteiger partial charge in [-0.1, -0.05) is 38.1 Å². The summed E-state index contributed by atoms with van der Waals surface area (Å²) in [6.45, 7) is 3.93. The fraction of sp³-hybridized carbons (Fsp3) is 0.435. The fourth-order valence-corrected chi connectivity index (χ4v) is 4.39. The van der Waals surface area contributed by atoms with Crippen LogP contribution in [-0.2, 0) is 22.8 Å². The van der Waals surface area contributed by atoms with E-state index < -0.39 is 28.5 Å². The second-order valence-electron chi connectivity index (χ2n) is 9.05. The van der Waals surface area contributed by atoms with Crippen molar-refractivity contribution >= 4 is 11.7 Å². The molecule has 0 saturated heterocycles. The standard InChI is InChI=1S/C23H24F3NO2/c1-21(2)13-19(27-18-7-6-16(11-17(18)21)23(24,25)26)15-5-3-4-14(10-15)12-22(8-9-22)20(28)29/h3-7,10-11,19,27H,8-9,12-13H2,1-2H3,(H,28,29). The maximum absolute atomic E-state index is 13.1. The molecule has 3 nitrogen and oxygen atoms in total. The van der Waals surface area contributed by atoms with Crippen LogP contribution in [0.1, 0.15) is 61.4 Å². The highest BCUT2D eigenvalue weighted by molar-refractivity contribution is 5.78. The maximum Gasteiger partial charge on any atom is 0.416 e. The van der Waals surface area contributed by atoms with Gasteiger partial charge in [-0.25, -0.2) is 0 Å². The van der Waals surface area contributed by atoms with Gasteiger partial charge in [-0.2, -0.15) is 13.2 Å².